The van der Waals surface area contributed by atoms with E-state index in [1.165, 1.54) is 29.7 Å². The topological polar surface area (TPSA) is 58.0 Å². The van der Waals surface area contributed by atoms with Gasteiger partial charge in [-0.3, -0.25) is 0 Å². The first kappa shape index (κ1) is 14.7. The Hall–Kier alpha value is -1.85. The van der Waals surface area contributed by atoms with Crippen molar-refractivity contribution < 1.29 is 5.11 Å². The Bertz CT molecular complexity index is 878. The van der Waals surface area contributed by atoms with Gasteiger partial charge >= 0.3 is 0 Å². The lowest BCUT2D eigenvalue weighted by Crippen LogP contribution is -1.98. The number of phenolic OH excluding ortho intramolecular Hbond substituents is 1. The number of aromatic hydroxyl groups is 1. The van der Waals surface area contributed by atoms with Gasteiger partial charge in [0.05, 0.1) is 5.39 Å². The molecule has 0 saturated carbocycles. The maximum Gasteiger partial charge on any atom is 0.225 e. The molecule has 23 heavy (non-hydrogen) atoms. The van der Waals surface area contributed by atoms with Gasteiger partial charge < -0.3 is 10.4 Å². The van der Waals surface area contributed by atoms with E-state index in [2.05, 4.69) is 15.3 Å². The molecular weight excluding hydrogens is 330 g/mol. The van der Waals surface area contributed by atoms with Crippen LogP contribution < -0.4 is 5.32 Å². The van der Waals surface area contributed by atoms with E-state index < -0.39 is 0 Å². The van der Waals surface area contributed by atoms with Crippen molar-refractivity contribution in [3.63, 3.8) is 0 Å². The van der Waals surface area contributed by atoms with E-state index in [0.717, 1.165) is 34.6 Å². The molecule has 0 unspecified atom stereocenters. The maximum absolute atomic E-state index is 9.65. The van der Waals surface area contributed by atoms with Gasteiger partial charge in [0.25, 0.3) is 0 Å². The number of rotatable bonds is 2. The summed E-state index contributed by atoms with van der Waals surface area (Å²) in [5.74, 6) is 0.945. The van der Waals surface area contributed by atoms with E-state index >= 15 is 0 Å². The van der Waals surface area contributed by atoms with Crippen molar-refractivity contribution in [3.05, 3.63) is 40.0 Å². The van der Waals surface area contributed by atoms with Gasteiger partial charge in [-0.1, -0.05) is 12.5 Å². The number of hydrogen-bond acceptors (Lipinski definition) is 5. The summed E-state index contributed by atoms with van der Waals surface area (Å²) in [6.45, 7) is 0. The quantitative estimate of drug-likeness (QED) is 0.503. The first-order valence-corrected chi connectivity index (χ1v) is 8.94. The fraction of sp³-hybridized carbons (Fsp3) is 0.294. The van der Waals surface area contributed by atoms with Gasteiger partial charge in [-0.2, -0.15) is 4.98 Å². The highest BCUT2D eigenvalue weighted by Gasteiger charge is 2.20. The second-order valence-corrected chi connectivity index (χ2v) is 7.18. The molecule has 118 valence electrons. The Morgan fingerprint density at radius 2 is 2.00 bits per heavy atom. The van der Waals surface area contributed by atoms with Gasteiger partial charge in [-0.25, -0.2) is 4.98 Å². The highest BCUT2D eigenvalue weighted by atomic mass is 35.5. The van der Waals surface area contributed by atoms with E-state index in [-0.39, 0.29) is 11.0 Å². The van der Waals surface area contributed by atoms with Crippen LogP contribution in [-0.2, 0) is 12.8 Å². The van der Waals surface area contributed by atoms with Crippen molar-refractivity contribution in [3.8, 4) is 5.75 Å². The number of aryl methyl sites for hydroxylation is 2. The maximum atomic E-state index is 9.65. The lowest BCUT2D eigenvalue weighted by molar-refractivity contribution is 0.475. The minimum Gasteiger partial charge on any atom is -0.508 e. The van der Waals surface area contributed by atoms with Gasteiger partial charge in [-0.15, -0.1) is 11.3 Å². The molecule has 0 radical (unpaired) electrons. The van der Waals surface area contributed by atoms with Gasteiger partial charge in [0.1, 0.15) is 16.4 Å². The number of nitrogens with zero attached hydrogens (tertiary/aromatic N) is 2. The molecule has 0 atom stereocenters. The standard InChI is InChI=1S/C17H16ClN3OS/c18-17-20-15(19-10-5-4-6-11(22)9-10)14-12-7-2-1-3-8-13(12)23-16(14)21-17/h4-6,9,22H,1-3,7-8H2,(H,19,20,21). The number of nitrogens with one attached hydrogen (secondary N) is 1. The van der Waals surface area contributed by atoms with E-state index in [4.69, 9.17) is 11.6 Å². The zero-order valence-corrected chi connectivity index (χ0v) is 14.0. The SMILES string of the molecule is Oc1cccc(Nc2nc(Cl)nc3sc4c(c23)CCCCC4)c1. The van der Waals surface area contributed by atoms with Crippen LogP contribution in [0.1, 0.15) is 29.7 Å². The van der Waals surface area contributed by atoms with Crippen molar-refractivity contribution in [1.82, 2.24) is 9.97 Å². The third-order valence-corrected chi connectivity index (χ3v) is 5.50. The number of phenols is 1. The van der Waals surface area contributed by atoms with Crippen molar-refractivity contribution >= 4 is 44.7 Å². The number of halogens is 1. The monoisotopic (exact) mass is 345 g/mol. The smallest absolute Gasteiger partial charge is 0.225 e. The normalized spacial score (nSPS) is 14.5. The number of anilines is 2. The predicted molar refractivity (Wildman–Crippen MR) is 95.1 cm³/mol. The van der Waals surface area contributed by atoms with Gasteiger partial charge in [-0.05, 0) is 55.0 Å². The molecule has 0 amide bonds. The number of aromatic nitrogens is 2. The average Bonchev–Trinajstić information content (AvgIpc) is 2.69. The third-order valence-electron chi connectivity index (χ3n) is 4.15. The van der Waals surface area contributed by atoms with E-state index in [9.17, 15) is 5.11 Å². The van der Waals surface area contributed by atoms with Crippen molar-refractivity contribution in [2.45, 2.75) is 32.1 Å². The highest BCUT2D eigenvalue weighted by Crippen LogP contribution is 2.39. The summed E-state index contributed by atoms with van der Waals surface area (Å²) in [4.78, 5) is 11.2. The molecule has 3 aromatic rings. The minimum atomic E-state index is 0.218. The molecule has 4 nitrogen and oxygen atoms in total. The van der Waals surface area contributed by atoms with Gasteiger partial charge in [0.15, 0.2) is 0 Å². The van der Waals surface area contributed by atoms with Crippen LogP contribution in [0.4, 0.5) is 11.5 Å². The molecule has 2 N–H and O–H groups in total. The molecule has 1 aromatic carbocycles. The molecule has 0 spiro atoms. The molecule has 0 fully saturated rings. The molecule has 1 aliphatic carbocycles. The Morgan fingerprint density at radius 3 is 2.87 bits per heavy atom. The van der Waals surface area contributed by atoms with Crippen LogP contribution in [0.2, 0.25) is 5.28 Å². The zero-order valence-electron chi connectivity index (χ0n) is 12.5. The van der Waals surface area contributed by atoms with Crippen LogP contribution in [0.15, 0.2) is 24.3 Å². The summed E-state index contributed by atoms with van der Waals surface area (Å²) in [7, 11) is 0. The summed E-state index contributed by atoms with van der Waals surface area (Å²) in [6, 6.07) is 7.01. The van der Waals surface area contributed by atoms with Crippen LogP contribution in [-0.4, -0.2) is 15.1 Å². The van der Waals surface area contributed by atoms with Crippen molar-refractivity contribution in [2.24, 2.45) is 0 Å². The third kappa shape index (κ3) is 2.86. The first-order chi connectivity index (χ1) is 11.2. The summed E-state index contributed by atoms with van der Waals surface area (Å²) in [6.07, 6.45) is 5.88. The molecule has 1 aliphatic rings. The summed E-state index contributed by atoms with van der Waals surface area (Å²) in [5, 5.41) is 14.3. The highest BCUT2D eigenvalue weighted by molar-refractivity contribution is 7.19. The number of hydrogen-bond donors (Lipinski definition) is 2. The zero-order chi connectivity index (χ0) is 15.8. The molecule has 6 heteroatoms. The minimum absolute atomic E-state index is 0.218. The summed E-state index contributed by atoms with van der Waals surface area (Å²) < 4.78 is 0. The molecule has 4 rings (SSSR count). The first-order valence-electron chi connectivity index (χ1n) is 7.74. The molecule has 2 heterocycles. The lowest BCUT2D eigenvalue weighted by atomic mass is 10.1. The van der Waals surface area contributed by atoms with Crippen molar-refractivity contribution in [2.75, 3.05) is 5.32 Å². The van der Waals surface area contributed by atoms with Crippen LogP contribution in [0, 0.1) is 0 Å². The van der Waals surface area contributed by atoms with E-state index in [0.29, 0.717) is 0 Å². The van der Waals surface area contributed by atoms with Crippen LogP contribution in [0.5, 0.6) is 5.75 Å². The fourth-order valence-corrected chi connectivity index (χ4v) is 4.60. The number of fused-ring (bicyclic) bond motifs is 3. The molecular formula is C17H16ClN3OS. The number of thiophene rings is 1. The van der Waals surface area contributed by atoms with E-state index in [1.54, 1.807) is 29.5 Å². The summed E-state index contributed by atoms with van der Waals surface area (Å²) in [5.41, 5.74) is 2.15. The van der Waals surface area contributed by atoms with Crippen LogP contribution in [0.3, 0.4) is 0 Å². The second kappa shape index (κ2) is 5.98. The lowest BCUT2D eigenvalue weighted by Gasteiger charge is -2.09. The Kier molecular flexibility index (Phi) is 3.83. The Balaban J connectivity index is 1.86. The largest absolute Gasteiger partial charge is 0.508 e. The van der Waals surface area contributed by atoms with Gasteiger partial charge in [0, 0.05) is 16.6 Å². The Labute approximate surface area is 143 Å². The molecule has 0 saturated heterocycles. The predicted octanol–water partition coefficient (Wildman–Crippen LogP) is 5.06. The number of benzene rings is 1. The van der Waals surface area contributed by atoms with E-state index in [1.807, 2.05) is 6.07 Å². The average molecular weight is 346 g/mol. The van der Waals surface area contributed by atoms with Crippen LogP contribution in [0.25, 0.3) is 10.2 Å². The molecule has 2 aromatic heterocycles. The van der Waals surface area contributed by atoms with Crippen LogP contribution >= 0.6 is 22.9 Å². The van der Waals surface area contributed by atoms with Crippen molar-refractivity contribution in [1.29, 1.82) is 0 Å². The molecule has 0 aliphatic heterocycles. The fourth-order valence-electron chi connectivity index (χ4n) is 3.12. The molecule has 0 bridgehead atoms. The second-order valence-electron chi connectivity index (χ2n) is 5.76. The summed E-state index contributed by atoms with van der Waals surface area (Å²) >= 11 is 7.84. The Morgan fingerprint density at radius 1 is 1.13 bits per heavy atom. The van der Waals surface area contributed by atoms with Gasteiger partial charge in [0.2, 0.25) is 5.28 Å².